The topological polar surface area (TPSA) is 55.4 Å². The van der Waals surface area contributed by atoms with Crippen LogP contribution in [0.15, 0.2) is 15.9 Å². The average molecular weight is 320 g/mol. The molecule has 0 radical (unpaired) electrons. The fourth-order valence-electron chi connectivity index (χ4n) is 1.27. The van der Waals surface area contributed by atoms with Crippen molar-refractivity contribution in [2.45, 2.75) is 19.9 Å². The highest BCUT2D eigenvalue weighted by Gasteiger charge is 2.25. The van der Waals surface area contributed by atoms with E-state index in [9.17, 15) is 9.59 Å². The first-order valence-electron chi connectivity index (χ1n) is 5.09. The maximum Gasteiger partial charge on any atom is 0.328 e. The van der Waals surface area contributed by atoms with Crippen LogP contribution in [-0.4, -0.2) is 25.0 Å². The summed E-state index contributed by atoms with van der Waals surface area (Å²) in [5.74, 6) is -0.705. The summed E-state index contributed by atoms with van der Waals surface area (Å²) in [7, 11) is 1.31. The zero-order valence-corrected chi connectivity index (χ0v) is 12.2. The minimum atomic E-state index is -0.617. The number of nitrogens with one attached hydrogen (secondary N) is 1. The van der Waals surface area contributed by atoms with Crippen molar-refractivity contribution in [1.82, 2.24) is 5.32 Å². The molecule has 1 amide bonds. The molecule has 0 aromatic carbocycles. The first kappa shape index (κ1) is 14.2. The highest BCUT2D eigenvalue weighted by molar-refractivity contribution is 9.11. The molecule has 0 aliphatic heterocycles. The molecule has 1 aromatic rings. The predicted molar refractivity (Wildman–Crippen MR) is 70.1 cm³/mol. The molecule has 94 valence electrons. The van der Waals surface area contributed by atoms with E-state index in [-0.39, 0.29) is 11.8 Å². The summed E-state index contributed by atoms with van der Waals surface area (Å²) in [6.45, 7) is 3.71. The summed E-state index contributed by atoms with van der Waals surface area (Å²) in [5.41, 5.74) is 0. The number of hydrogen-bond acceptors (Lipinski definition) is 4. The van der Waals surface area contributed by atoms with Crippen molar-refractivity contribution in [3.05, 3.63) is 20.8 Å². The molecule has 4 nitrogen and oxygen atoms in total. The highest BCUT2D eigenvalue weighted by Crippen LogP contribution is 2.22. The van der Waals surface area contributed by atoms with Crippen molar-refractivity contribution in [2.75, 3.05) is 7.11 Å². The van der Waals surface area contributed by atoms with Crippen molar-refractivity contribution < 1.29 is 14.3 Å². The third kappa shape index (κ3) is 3.81. The Labute approximate surface area is 112 Å². The second-order valence-electron chi connectivity index (χ2n) is 3.82. The fraction of sp³-hybridized carbons (Fsp3) is 0.455. The van der Waals surface area contributed by atoms with Crippen molar-refractivity contribution in [1.29, 1.82) is 0 Å². The van der Waals surface area contributed by atoms with Gasteiger partial charge in [0.1, 0.15) is 6.04 Å². The zero-order chi connectivity index (χ0) is 13.0. The van der Waals surface area contributed by atoms with Gasteiger partial charge in [-0.2, -0.15) is 0 Å². The molecule has 0 saturated carbocycles. The van der Waals surface area contributed by atoms with Crippen LogP contribution in [-0.2, 0) is 9.53 Å². The minimum absolute atomic E-state index is 0.0187. The van der Waals surface area contributed by atoms with Gasteiger partial charge in [-0.15, -0.1) is 11.3 Å². The van der Waals surface area contributed by atoms with Crippen LogP contribution in [0.2, 0.25) is 0 Å². The monoisotopic (exact) mass is 319 g/mol. The molecule has 0 spiro atoms. The number of thiophene rings is 1. The predicted octanol–water partition coefficient (Wildman–Crippen LogP) is 2.44. The summed E-state index contributed by atoms with van der Waals surface area (Å²) in [6, 6.07) is 2.88. The van der Waals surface area contributed by atoms with E-state index in [4.69, 9.17) is 0 Å². The lowest BCUT2D eigenvalue weighted by Crippen LogP contribution is -2.44. The van der Waals surface area contributed by atoms with E-state index in [1.54, 1.807) is 12.1 Å². The molecule has 0 aliphatic carbocycles. The highest BCUT2D eigenvalue weighted by atomic mass is 79.9. The largest absolute Gasteiger partial charge is 0.467 e. The van der Waals surface area contributed by atoms with E-state index in [1.165, 1.54) is 18.4 Å². The Morgan fingerprint density at radius 3 is 2.47 bits per heavy atom. The third-order valence-electron chi connectivity index (χ3n) is 2.21. The normalized spacial score (nSPS) is 12.3. The van der Waals surface area contributed by atoms with Crippen LogP contribution in [0.3, 0.4) is 0 Å². The molecule has 0 saturated heterocycles. The van der Waals surface area contributed by atoms with E-state index < -0.39 is 12.0 Å². The molecule has 0 bridgehead atoms. The van der Waals surface area contributed by atoms with Gasteiger partial charge < -0.3 is 10.1 Å². The second-order valence-corrected chi connectivity index (χ2v) is 6.29. The van der Waals surface area contributed by atoms with Gasteiger partial charge in [-0.3, -0.25) is 4.79 Å². The molecule has 1 atom stereocenters. The molecule has 1 aromatic heterocycles. The maximum absolute atomic E-state index is 11.9. The quantitative estimate of drug-likeness (QED) is 0.867. The molecule has 6 heteroatoms. The number of esters is 1. The lowest BCUT2D eigenvalue weighted by Gasteiger charge is -2.19. The van der Waals surface area contributed by atoms with E-state index in [1.807, 2.05) is 13.8 Å². The van der Waals surface area contributed by atoms with Crippen molar-refractivity contribution >= 4 is 39.1 Å². The van der Waals surface area contributed by atoms with Crippen molar-refractivity contribution in [3.8, 4) is 0 Å². The number of carbonyl (C=O) groups is 2. The summed E-state index contributed by atoms with van der Waals surface area (Å²) < 4.78 is 5.53. The molecule has 17 heavy (non-hydrogen) atoms. The Hall–Kier alpha value is -0.880. The van der Waals surface area contributed by atoms with Crippen LogP contribution in [0.4, 0.5) is 0 Å². The van der Waals surface area contributed by atoms with E-state index in [0.717, 1.165) is 3.79 Å². The average Bonchev–Trinajstić information content (AvgIpc) is 2.71. The molecule has 1 heterocycles. The van der Waals surface area contributed by atoms with E-state index in [0.29, 0.717) is 4.88 Å². The second kappa shape index (κ2) is 6.16. The van der Waals surface area contributed by atoms with E-state index >= 15 is 0 Å². The van der Waals surface area contributed by atoms with Crippen LogP contribution in [0.5, 0.6) is 0 Å². The van der Waals surface area contributed by atoms with Crippen molar-refractivity contribution in [3.63, 3.8) is 0 Å². The SMILES string of the molecule is COC(=O)[C@@H](NC(=O)c1ccc(Br)s1)C(C)C. The van der Waals surface area contributed by atoms with Gasteiger partial charge in [0.15, 0.2) is 0 Å². The summed E-state index contributed by atoms with van der Waals surface area (Å²) in [5, 5.41) is 2.67. The van der Waals surface area contributed by atoms with Crippen LogP contribution in [0.1, 0.15) is 23.5 Å². The van der Waals surface area contributed by atoms with Crippen LogP contribution >= 0.6 is 27.3 Å². The first-order valence-corrected chi connectivity index (χ1v) is 6.70. The number of rotatable bonds is 4. The van der Waals surface area contributed by atoms with Gasteiger partial charge in [0.05, 0.1) is 15.8 Å². The van der Waals surface area contributed by atoms with Gasteiger partial charge in [-0.1, -0.05) is 13.8 Å². The standard InChI is InChI=1S/C11H14BrNO3S/c1-6(2)9(11(15)16-3)13-10(14)7-4-5-8(12)17-7/h4-6,9H,1-3H3,(H,13,14)/t9-/m0/s1. The Balaban J connectivity index is 2.74. The Morgan fingerprint density at radius 1 is 1.41 bits per heavy atom. The summed E-state index contributed by atoms with van der Waals surface area (Å²) in [4.78, 5) is 23.9. The Bertz CT molecular complexity index is 417. The van der Waals surface area contributed by atoms with Gasteiger partial charge >= 0.3 is 5.97 Å². The molecular formula is C11H14BrNO3S. The smallest absolute Gasteiger partial charge is 0.328 e. The van der Waals surface area contributed by atoms with Crippen LogP contribution in [0, 0.1) is 5.92 Å². The summed E-state index contributed by atoms with van der Waals surface area (Å²) in [6.07, 6.45) is 0. The molecule has 1 N–H and O–H groups in total. The van der Waals surface area contributed by atoms with Gasteiger partial charge in [-0.25, -0.2) is 4.79 Å². The Morgan fingerprint density at radius 2 is 2.06 bits per heavy atom. The van der Waals surface area contributed by atoms with E-state index in [2.05, 4.69) is 26.0 Å². The van der Waals surface area contributed by atoms with Crippen LogP contribution < -0.4 is 5.32 Å². The van der Waals surface area contributed by atoms with Crippen molar-refractivity contribution in [2.24, 2.45) is 5.92 Å². The number of halogens is 1. The minimum Gasteiger partial charge on any atom is -0.467 e. The number of ether oxygens (including phenoxy) is 1. The van der Waals surface area contributed by atoms with Crippen LogP contribution in [0.25, 0.3) is 0 Å². The maximum atomic E-state index is 11.9. The fourth-order valence-corrected chi connectivity index (χ4v) is 2.56. The third-order valence-corrected chi connectivity index (χ3v) is 3.83. The zero-order valence-electron chi connectivity index (χ0n) is 9.82. The number of carbonyl (C=O) groups excluding carboxylic acids is 2. The van der Waals surface area contributed by atoms with Gasteiger partial charge in [0.25, 0.3) is 5.91 Å². The number of methoxy groups -OCH3 is 1. The van der Waals surface area contributed by atoms with Gasteiger partial charge in [-0.05, 0) is 34.0 Å². The number of hydrogen-bond donors (Lipinski definition) is 1. The lowest BCUT2D eigenvalue weighted by molar-refractivity contribution is -0.144. The lowest BCUT2D eigenvalue weighted by atomic mass is 10.0. The molecule has 1 rings (SSSR count). The molecule has 0 fully saturated rings. The molecule has 0 unspecified atom stereocenters. The Kier molecular flexibility index (Phi) is 5.14. The first-order chi connectivity index (χ1) is 7.95. The van der Waals surface area contributed by atoms with Gasteiger partial charge in [0.2, 0.25) is 0 Å². The molecular weight excluding hydrogens is 306 g/mol. The summed E-state index contributed by atoms with van der Waals surface area (Å²) >= 11 is 4.61. The number of amides is 1. The van der Waals surface area contributed by atoms with Gasteiger partial charge in [0, 0.05) is 0 Å². The molecule has 0 aliphatic rings.